The fourth-order valence-electron chi connectivity index (χ4n) is 3.45. The standard InChI is InChI=1S/C17H16ClF2N3O4/c18-9-6-11(9)23-7-12(27-17(25)26)16(24)8-5-10(19)15(13(20)14(8)23)22-3-1-21-2-4-22/h5,7,9,11,21H,1-4,6H2,(H,25,26). The van der Waals surface area contributed by atoms with Crippen molar-refractivity contribution in [2.24, 2.45) is 0 Å². The van der Waals surface area contributed by atoms with Crippen LogP contribution >= 0.6 is 11.6 Å². The van der Waals surface area contributed by atoms with E-state index < -0.39 is 29.0 Å². The Kier molecular flexibility index (Phi) is 4.43. The number of nitrogens with one attached hydrogen (secondary N) is 1. The molecular weight excluding hydrogens is 384 g/mol. The topological polar surface area (TPSA) is 83.8 Å². The van der Waals surface area contributed by atoms with E-state index in [0.29, 0.717) is 32.6 Å². The summed E-state index contributed by atoms with van der Waals surface area (Å²) in [6.45, 7) is 2.01. The van der Waals surface area contributed by atoms with Crippen molar-refractivity contribution in [2.75, 3.05) is 31.1 Å². The molecule has 1 saturated heterocycles. The zero-order chi connectivity index (χ0) is 19.3. The van der Waals surface area contributed by atoms with E-state index in [9.17, 15) is 14.0 Å². The summed E-state index contributed by atoms with van der Waals surface area (Å²) < 4.78 is 36.0. The maximum Gasteiger partial charge on any atom is 0.511 e. The number of hydrogen-bond donors (Lipinski definition) is 2. The number of rotatable bonds is 3. The number of halogens is 3. The number of anilines is 1. The molecule has 2 atom stereocenters. The van der Waals surface area contributed by atoms with Gasteiger partial charge in [0, 0.05) is 26.2 Å². The number of fused-ring (bicyclic) bond motifs is 1. The van der Waals surface area contributed by atoms with Gasteiger partial charge in [0.1, 0.15) is 11.5 Å². The number of ether oxygens (including phenoxy) is 1. The summed E-state index contributed by atoms with van der Waals surface area (Å²) in [6, 6.07) is 0.608. The molecule has 1 aromatic heterocycles. The van der Waals surface area contributed by atoms with Gasteiger partial charge in [0.2, 0.25) is 5.43 Å². The number of carbonyl (C=O) groups is 1. The number of hydrogen-bond acceptors (Lipinski definition) is 5. The Morgan fingerprint density at radius 1 is 1.33 bits per heavy atom. The minimum absolute atomic E-state index is 0.0965. The number of pyridine rings is 1. The minimum atomic E-state index is -1.69. The molecular formula is C17H16ClF2N3O4. The third-order valence-electron chi connectivity index (χ3n) is 4.82. The zero-order valence-corrected chi connectivity index (χ0v) is 14.8. The summed E-state index contributed by atoms with van der Waals surface area (Å²) in [5.74, 6) is -2.25. The van der Waals surface area contributed by atoms with Crippen LogP contribution in [0.3, 0.4) is 0 Å². The molecule has 1 aromatic carbocycles. The van der Waals surface area contributed by atoms with Gasteiger partial charge in [0.25, 0.3) is 0 Å². The highest BCUT2D eigenvalue weighted by Crippen LogP contribution is 2.44. The van der Waals surface area contributed by atoms with Crippen molar-refractivity contribution in [2.45, 2.75) is 17.8 Å². The van der Waals surface area contributed by atoms with Gasteiger partial charge >= 0.3 is 6.16 Å². The second-order valence-electron chi connectivity index (χ2n) is 6.57. The fraction of sp³-hybridized carbons (Fsp3) is 0.412. The Morgan fingerprint density at radius 3 is 2.59 bits per heavy atom. The van der Waals surface area contributed by atoms with E-state index in [1.807, 2.05) is 0 Å². The van der Waals surface area contributed by atoms with E-state index in [4.69, 9.17) is 16.7 Å². The van der Waals surface area contributed by atoms with Crippen molar-refractivity contribution in [3.63, 3.8) is 0 Å². The largest absolute Gasteiger partial charge is 0.511 e. The van der Waals surface area contributed by atoms with Gasteiger partial charge in [0.05, 0.1) is 28.5 Å². The highest BCUT2D eigenvalue weighted by Gasteiger charge is 2.39. The molecule has 2 N–H and O–H groups in total. The van der Waals surface area contributed by atoms with Gasteiger partial charge in [0.15, 0.2) is 11.6 Å². The average molecular weight is 400 g/mol. The lowest BCUT2D eigenvalue weighted by Crippen LogP contribution is -2.44. The first-order valence-corrected chi connectivity index (χ1v) is 8.89. The molecule has 10 heteroatoms. The SMILES string of the molecule is O=C(O)Oc1cn(C2CC2Cl)c2c(F)c(N3CCNCC3)c(F)cc2c1=O. The number of carboxylic acid groups (broad SMARTS) is 1. The molecule has 0 radical (unpaired) electrons. The molecule has 1 aliphatic heterocycles. The lowest BCUT2D eigenvalue weighted by molar-refractivity contribution is 0.143. The maximum atomic E-state index is 15.4. The summed E-state index contributed by atoms with van der Waals surface area (Å²) in [7, 11) is 0. The third kappa shape index (κ3) is 3.10. The monoisotopic (exact) mass is 399 g/mol. The van der Waals surface area contributed by atoms with Crippen LogP contribution in [-0.4, -0.2) is 47.4 Å². The molecule has 27 heavy (non-hydrogen) atoms. The van der Waals surface area contributed by atoms with Gasteiger partial charge in [-0.25, -0.2) is 13.6 Å². The van der Waals surface area contributed by atoms with Crippen molar-refractivity contribution < 1.29 is 23.4 Å². The Hall–Kier alpha value is -2.39. The van der Waals surface area contributed by atoms with Crippen molar-refractivity contribution in [1.82, 2.24) is 9.88 Å². The summed E-state index contributed by atoms with van der Waals surface area (Å²) in [4.78, 5) is 25.0. The molecule has 0 amide bonds. The van der Waals surface area contributed by atoms with E-state index in [0.717, 1.165) is 12.3 Å². The van der Waals surface area contributed by atoms with Crippen molar-refractivity contribution in [3.05, 3.63) is 34.1 Å². The first-order chi connectivity index (χ1) is 12.9. The van der Waals surface area contributed by atoms with Crippen LogP contribution in [0.4, 0.5) is 19.3 Å². The Balaban J connectivity index is 1.97. The van der Waals surface area contributed by atoms with Crippen LogP contribution in [0.1, 0.15) is 12.5 Å². The molecule has 144 valence electrons. The van der Waals surface area contributed by atoms with Gasteiger partial charge in [-0.05, 0) is 12.5 Å². The summed E-state index contributed by atoms with van der Waals surface area (Å²) in [5.41, 5.74) is -1.18. The second kappa shape index (κ2) is 6.65. The molecule has 2 heterocycles. The third-order valence-corrected chi connectivity index (χ3v) is 5.29. The highest BCUT2D eigenvalue weighted by molar-refractivity contribution is 6.23. The predicted molar refractivity (Wildman–Crippen MR) is 95.2 cm³/mol. The number of nitrogens with zero attached hydrogens (tertiary/aromatic N) is 2. The number of piperazine rings is 1. The van der Waals surface area contributed by atoms with Crippen LogP contribution in [0.25, 0.3) is 10.9 Å². The molecule has 1 aliphatic carbocycles. The molecule has 1 saturated carbocycles. The predicted octanol–water partition coefficient (Wildman–Crippen LogP) is 2.30. The van der Waals surface area contributed by atoms with Gasteiger partial charge in [-0.15, -0.1) is 11.6 Å². The minimum Gasteiger partial charge on any atom is -0.449 e. The van der Waals surface area contributed by atoms with E-state index in [-0.39, 0.29) is 28.0 Å². The molecule has 2 unspecified atom stereocenters. The summed E-state index contributed by atoms with van der Waals surface area (Å²) in [6.07, 6.45) is -0.0326. The van der Waals surface area contributed by atoms with Gasteiger partial charge in [-0.3, -0.25) is 4.79 Å². The van der Waals surface area contributed by atoms with Crippen molar-refractivity contribution >= 4 is 34.3 Å². The van der Waals surface area contributed by atoms with Crippen LogP contribution in [0.15, 0.2) is 17.1 Å². The zero-order valence-electron chi connectivity index (χ0n) is 14.0. The first kappa shape index (κ1) is 18.0. The number of aromatic nitrogens is 1. The lowest BCUT2D eigenvalue weighted by Gasteiger charge is -2.30. The van der Waals surface area contributed by atoms with Gasteiger partial charge in [-0.2, -0.15) is 0 Å². The smallest absolute Gasteiger partial charge is 0.449 e. The normalized spacial score (nSPS) is 22.1. The van der Waals surface area contributed by atoms with E-state index in [1.54, 1.807) is 4.90 Å². The molecule has 4 rings (SSSR count). The molecule has 2 fully saturated rings. The molecule has 0 bridgehead atoms. The van der Waals surface area contributed by atoms with Crippen molar-refractivity contribution in [1.29, 1.82) is 0 Å². The van der Waals surface area contributed by atoms with E-state index >= 15 is 4.39 Å². The Bertz CT molecular complexity index is 991. The van der Waals surface area contributed by atoms with Crippen molar-refractivity contribution in [3.8, 4) is 5.75 Å². The summed E-state index contributed by atoms with van der Waals surface area (Å²) in [5, 5.41) is 11.4. The van der Waals surface area contributed by atoms with Crippen LogP contribution in [0.2, 0.25) is 0 Å². The number of benzene rings is 1. The molecule has 2 aromatic rings. The lowest BCUT2D eigenvalue weighted by atomic mass is 10.1. The second-order valence-corrected chi connectivity index (χ2v) is 7.13. The van der Waals surface area contributed by atoms with Crippen LogP contribution in [-0.2, 0) is 0 Å². The van der Waals surface area contributed by atoms with Gasteiger partial charge in [-0.1, -0.05) is 0 Å². The van der Waals surface area contributed by atoms with E-state index in [2.05, 4.69) is 10.1 Å². The van der Waals surface area contributed by atoms with Crippen LogP contribution < -0.4 is 20.4 Å². The Morgan fingerprint density at radius 2 is 2.00 bits per heavy atom. The maximum absolute atomic E-state index is 15.4. The summed E-state index contributed by atoms with van der Waals surface area (Å²) >= 11 is 6.09. The molecule has 2 aliphatic rings. The molecule has 7 nitrogen and oxygen atoms in total. The quantitative estimate of drug-likeness (QED) is 0.608. The Labute approximate surface area is 157 Å². The fourth-order valence-corrected chi connectivity index (χ4v) is 3.76. The van der Waals surface area contributed by atoms with Crippen LogP contribution in [0, 0.1) is 11.6 Å². The molecule has 0 spiro atoms. The van der Waals surface area contributed by atoms with E-state index in [1.165, 1.54) is 4.57 Å². The van der Waals surface area contributed by atoms with Crippen LogP contribution in [0.5, 0.6) is 5.75 Å². The first-order valence-electron chi connectivity index (χ1n) is 8.46. The average Bonchev–Trinajstić information content (AvgIpc) is 3.35. The highest BCUT2D eigenvalue weighted by atomic mass is 35.5. The van der Waals surface area contributed by atoms with Gasteiger partial charge < -0.3 is 24.6 Å². The number of alkyl halides is 1.